The highest BCUT2D eigenvalue weighted by Crippen LogP contribution is 2.12. The van der Waals surface area contributed by atoms with E-state index in [1.165, 1.54) is 5.57 Å². The second kappa shape index (κ2) is 3.88. The largest absolute Gasteiger partial charge is 0.380 e. The summed E-state index contributed by atoms with van der Waals surface area (Å²) in [7, 11) is 3.91. The van der Waals surface area contributed by atoms with Crippen LogP contribution in [-0.4, -0.2) is 38.3 Å². The Kier molecular flexibility index (Phi) is 3.09. The maximum absolute atomic E-state index is 5.33. The van der Waals surface area contributed by atoms with Crippen molar-refractivity contribution >= 4 is 0 Å². The van der Waals surface area contributed by atoms with Gasteiger partial charge in [-0.15, -0.1) is 0 Å². The van der Waals surface area contributed by atoms with E-state index in [1.54, 1.807) is 7.11 Å². The van der Waals surface area contributed by atoms with E-state index < -0.39 is 0 Å². The summed E-state index contributed by atoms with van der Waals surface area (Å²) >= 11 is 0. The van der Waals surface area contributed by atoms with Gasteiger partial charge < -0.3 is 9.64 Å². The molecule has 1 aliphatic rings. The van der Waals surface area contributed by atoms with Crippen LogP contribution in [0.3, 0.4) is 0 Å². The van der Waals surface area contributed by atoms with Gasteiger partial charge >= 0.3 is 0 Å². The Morgan fingerprint density at radius 1 is 1.64 bits per heavy atom. The molecular formula is C9H17NO. The van der Waals surface area contributed by atoms with Gasteiger partial charge in [-0.05, 0) is 20.4 Å². The minimum Gasteiger partial charge on any atom is -0.380 e. The van der Waals surface area contributed by atoms with Crippen LogP contribution >= 0.6 is 0 Å². The second-order valence-corrected chi connectivity index (χ2v) is 3.33. The standard InChI is InChI=1S/C9H17NO/c1-8-4-5-10(2)7-9(6-8)11-3/h4,9H,5-7H2,1-3H3/t9-/m0/s1. The second-order valence-electron chi connectivity index (χ2n) is 3.33. The molecule has 0 fully saturated rings. The van der Waals surface area contributed by atoms with Crippen molar-refractivity contribution < 1.29 is 4.74 Å². The van der Waals surface area contributed by atoms with Crippen LogP contribution in [0.1, 0.15) is 13.3 Å². The molecule has 0 N–H and O–H groups in total. The van der Waals surface area contributed by atoms with Crippen LogP contribution in [-0.2, 0) is 4.74 Å². The lowest BCUT2D eigenvalue weighted by Gasteiger charge is -2.18. The van der Waals surface area contributed by atoms with Crippen molar-refractivity contribution in [2.45, 2.75) is 19.4 Å². The molecule has 2 nitrogen and oxygen atoms in total. The smallest absolute Gasteiger partial charge is 0.0735 e. The summed E-state index contributed by atoms with van der Waals surface area (Å²) in [6.07, 6.45) is 3.75. The van der Waals surface area contributed by atoms with Crippen molar-refractivity contribution in [3.8, 4) is 0 Å². The lowest BCUT2D eigenvalue weighted by atomic mass is 10.1. The number of nitrogens with zero attached hydrogens (tertiary/aromatic N) is 1. The summed E-state index contributed by atoms with van der Waals surface area (Å²) in [5, 5.41) is 0. The summed E-state index contributed by atoms with van der Waals surface area (Å²) in [6.45, 7) is 4.28. The monoisotopic (exact) mass is 155 g/mol. The molecular weight excluding hydrogens is 138 g/mol. The van der Waals surface area contributed by atoms with E-state index >= 15 is 0 Å². The average Bonchev–Trinajstić information content (AvgIpc) is 2.13. The Bertz CT molecular complexity index is 154. The van der Waals surface area contributed by atoms with Gasteiger partial charge in [-0.25, -0.2) is 0 Å². The van der Waals surface area contributed by atoms with Gasteiger partial charge in [-0.1, -0.05) is 11.6 Å². The Hall–Kier alpha value is -0.340. The van der Waals surface area contributed by atoms with Gasteiger partial charge in [0.1, 0.15) is 0 Å². The number of hydrogen-bond donors (Lipinski definition) is 0. The molecule has 0 aromatic heterocycles. The minimum atomic E-state index is 0.388. The molecule has 0 spiro atoms. The molecule has 0 aliphatic carbocycles. The van der Waals surface area contributed by atoms with Crippen LogP contribution in [0.5, 0.6) is 0 Å². The predicted octanol–water partition coefficient (Wildman–Crippen LogP) is 1.28. The number of methoxy groups -OCH3 is 1. The van der Waals surface area contributed by atoms with E-state index in [0.29, 0.717) is 6.10 Å². The van der Waals surface area contributed by atoms with Gasteiger partial charge in [0.05, 0.1) is 6.10 Å². The molecule has 0 saturated carbocycles. The fraction of sp³-hybridized carbons (Fsp3) is 0.778. The first-order chi connectivity index (χ1) is 5.22. The zero-order valence-corrected chi connectivity index (χ0v) is 7.63. The highest BCUT2D eigenvalue weighted by Gasteiger charge is 2.13. The van der Waals surface area contributed by atoms with Crippen molar-refractivity contribution in [2.24, 2.45) is 0 Å². The number of rotatable bonds is 1. The molecule has 1 heterocycles. The van der Waals surface area contributed by atoms with Gasteiger partial charge in [-0.2, -0.15) is 0 Å². The highest BCUT2D eigenvalue weighted by molar-refractivity contribution is 5.03. The maximum Gasteiger partial charge on any atom is 0.0735 e. The quantitative estimate of drug-likeness (QED) is 0.529. The lowest BCUT2D eigenvalue weighted by molar-refractivity contribution is 0.0788. The van der Waals surface area contributed by atoms with Crippen molar-refractivity contribution in [1.29, 1.82) is 0 Å². The predicted molar refractivity (Wildman–Crippen MR) is 46.7 cm³/mol. The maximum atomic E-state index is 5.33. The summed E-state index contributed by atoms with van der Waals surface area (Å²) in [6, 6.07) is 0. The Balaban J connectivity index is 2.53. The van der Waals surface area contributed by atoms with Crippen molar-refractivity contribution in [2.75, 3.05) is 27.2 Å². The Labute approximate surface area is 68.8 Å². The van der Waals surface area contributed by atoms with Crippen LogP contribution < -0.4 is 0 Å². The molecule has 11 heavy (non-hydrogen) atoms. The van der Waals surface area contributed by atoms with Gasteiger partial charge in [-0.3, -0.25) is 0 Å². The molecule has 1 atom stereocenters. The number of ether oxygens (including phenoxy) is 1. The highest BCUT2D eigenvalue weighted by atomic mass is 16.5. The first-order valence-corrected chi connectivity index (χ1v) is 4.09. The first kappa shape index (κ1) is 8.75. The Morgan fingerprint density at radius 2 is 2.36 bits per heavy atom. The first-order valence-electron chi connectivity index (χ1n) is 4.09. The molecule has 1 rings (SSSR count). The van der Waals surface area contributed by atoms with Gasteiger partial charge in [0.2, 0.25) is 0 Å². The van der Waals surface area contributed by atoms with Gasteiger partial charge in [0.25, 0.3) is 0 Å². The lowest BCUT2D eigenvalue weighted by Crippen LogP contribution is -2.28. The van der Waals surface area contributed by atoms with Crippen LogP contribution in [0.2, 0.25) is 0 Å². The molecule has 0 aromatic carbocycles. The van der Waals surface area contributed by atoms with E-state index in [4.69, 9.17) is 4.74 Å². The molecule has 1 aliphatic heterocycles. The third-order valence-electron chi connectivity index (χ3n) is 2.15. The zero-order valence-electron chi connectivity index (χ0n) is 7.63. The summed E-state index contributed by atoms with van der Waals surface area (Å²) in [4.78, 5) is 2.28. The molecule has 0 aromatic rings. The Morgan fingerprint density at radius 3 is 3.00 bits per heavy atom. The van der Waals surface area contributed by atoms with Crippen LogP contribution in [0, 0.1) is 0 Å². The molecule has 0 unspecified atom stereocenters. The summed E-state index contributed by atoms with van der Waals surface area (Å²) in [5.74, 6) is 0. The van der Waals surface area contributed by atoms with Crippen LogP contribution in [0.4, 0.5) is 0 Å². The van der Waals surface area contributed by atoms with E-state index in [2.05, 4.69) is 24.9 Å². The summed E-state index contributed by atoms with van der Waals surface area (Å²) < 4.78 is 5.33. The van der Waals surface area contributed by atoms with E-state index in [0.717, 1.165) is 19.5 Å². The molecule has 0 amide bonds. The van der Waals surface area contributed by atoms with Crippen molar-refractivity contribution in [1.82, 2.24) is 4.90 Å². The number of hydrogen-bond acceptors (Lipinski definition) is 2. The zero-order chi connectivity index (χ0) is 8.27. The normalized spacial score (nSPS) is 27.9. The fourth-order valence-corrected chi connectivity index (χ4v) is 1.40. The molecule has 0 saturated heterocycles. The van der Waals surface area contributed by atoms with Crippen LogP contribution in [0.15, 0.2) is 11.6 Å². The minimum absolute atomic E-state index is 0.388. The topological polar surface area (TPSA) is 12.5 Å². The molecule has 64 valence electrons. The molecule has 0 radical (unpaired) electrons. The van der Waals surface area contributed by atoms with E-state index in [9.17, 15) is 0 Å². The fourth-order valence-electron chi connectivity index (χ4n) is 1.40. The third kappa shape index (κ3) is 2.64. The molecule has 0 bridgehead atoms. The van der Waals surface area contributed by atoms with E-state index in [-0.39, 0.29) is 0 Å². The SMILES string of the molecule is CO[C@H]1CC(C)=CCN(C)C1. The van der Waals surface area contributed by atoms with Crippen molar-refractivity contribution in [3.05, 3.63) is 11.6 Å². The molecule has 2 heteroatoms. The summed E-state index contributed by atoms with van der Waals surface area (Å²) in [5.41, 5.74) is 1.45. The number of likely N-dealkylation sites (N-methyl/N-ethyl adjacent to an activating group) is 1. The average molecular weight is 155 g/mol. The van der Waals surface area contributed by atoms with Crippen LogP contribution in [0.25, 0.3) is 0 Å². The third-order valence-corrected chi connectivity index (χ3v) is 2.15. The van der Waals surface area contributed by atoms with Gasteiger partial charge in [0, 0.05) is 20.2 Å². The van der Waals surface area contributed by atoms with Crippen molar-refractivity contribution in [3.63, 3.8) is 0 Å². The van der Waals surface area contributed by atoms with E-state index in [1.807, 2.05) is 0 Å². The van der Waals surface area contributed by atoms with Gasteiger partial charge in [0.15, 0.2) is 0 Å².